The number of hydrogen-bond acceptors (Lipinski definition) is 3. The van der Waals surface area contributed by atoms with Gasteiger partial charge in [-0.25, -0.2) is 9.46 Å². The highest BCUT2D eigenvalue weighted by Gasteiger charge is 2.48. The SMILES string of the molecule is CC1(c2ccccc2)NC(=O)N(PO)C1=O.Cc1ccccc1. The summed E-state index contributed by atoms with van der Waals surface area (Å²) >= 11 is 0. The van der Waals surface area contributed by atoms with Crippen LogP contribution in [0.3, 0.4) is 0 Å². The fourth-order valence-corrected chi connectivity index (χ4v) is 2.69. The molecule has 0 spiro atoms. The van der Waals surface area contributed by atoms with Gasteiger partial charge in [-0.05, 0) is 19.4 Å². The molecule has 1 fully saturated rings. The number of nitrogens with one attached hydrogen (secondary N) is 1. The monoisotopic (exact) mass is 330 g/mol. The third kappa shape index (κ3) is 3.76. The molecule has 2 N–H and O–H groups in total. The normalized spacial score (nSPS) is 20.4. The van der Waals surface area contributed by atoms with Gasteiger partial charge in [0.15, 0.2) is 0 Å². The van der Waals surface area contributed by atoms with E-state index in [2.05, 4.69) is 24.4 Å². The highest BCUT2D eigenvalue weighted by Crippen LogP contribution is 2.32. The highest BCUT2D eigenvalue weighted by atomic mass is 31.1. The lowest BCUT2D eigenvalue weighted by Crippen LogP contribution is -2.40. The van der Waals surface area contributed by atoms with E-state index in [1.807, 2.05) is 24.3 Å². The second-order valence-electron chi connectivity index (χ2n) is 5.32. The van der Waals surface area contributed by atoms with E-state index in [-0.39, 0.29) is 0 Å². The molecule has 0 bridgehead atoms. The minimum atomic E-state index is -1.08. The zero-order valence-electron chi connectivity index (χ0n) is 13.0. The molecular formula is C17H19N2O3P. The van der Waals surface area contributed by atoms with E-state index in [1.165, 1.54) is 5.56 Å². The molecule has 1 heterocycles. The predicted octanol–water partition coefficient (Wildman–Crippen LogP) is 2.95. The maximum Gasteiger partial charge on any atom is 0.330 e. The van der Waals surface area contributed by atoms with Gasteiger partial charge in [0, 0.05) is 0 Å². The van der Waals surface area contributed by atoms with Crippen LogP contribution in [0.1, 0.15) is 18.1 Å². The lowest BCUT2D eigenvalue weighted by molar-refractivity contribution is -0.127. The Morgan fingerprint density at radius 3 is 1.91 bits per heavy atom. The molecule has 0 aromatic heterocycles. The molecule has 120 valence electrons. The van der Waals surface area contributed by atoms with Crippen LogP contribution >= 0.6 is 8.96 Å². The Bertz CT molecular complexity index is 679. The second kappa shape index (κ2) is 7.36. The number of carbonyl (C=O) groups excluding carboxylic acids is 2. The van der Waals surface area contributed by atoms with Crippen LogP contribution in [0, 0.1) is 6.92 Å². The molecule has 2 aromatic carbocycles. The molecule has 0 radical (unpaired) electrons. The van der Waals surface area contributed by atoms with E-state index in [0.29, 0.717) is 5.56 Å². The fourth-order valence-electron chi connectivity index (χ4n) is 2.23. The van der Waals surface area contributed by atoms with E-state index in [4.69, 9.17) is 4.89 Å². The Kier molecular flexibility index (Phi) is 5.48. The lowest BCUT2D eigenvalue weighted by atomic mass is 9.92. The summed E-state index contributed by atoms with van der Waals surface area (Å²) in [5, 5.41) is 2.58. The molecule has 6 heteroatoms. The lowest BCUT2D eigenvalue weighted by Gasteiger charge is -2.21. The maximum atomic E-state index is 12.0. The molecule has 1 aliphatic heterocycles. The summed E-state index contributed by atoms with van der Waals surface area (Å²) in [5.74, 6) is -0.426. The van der Waals surface area contributed by atoms with E-state index in [0.717, 1.165) is 4.67 Å². The van der Waals surface area contributed by atoms with Gasteiger partial charge in [-0.3, -0.25) is 4.79 Å². The van der Waals surface area contributed by atoms with Crippen molar-refractivity contribution in [1.82, 2.24) is 9.99 Å². The summed E-state index contributed by atoms with van der Waals surface area (Å²) in [7, 11) is -0.845. The fraction of sp³-hybridized carbons (Fsp3) is 0.176. The maximum absolute atomic E-state index is 12.0. The van der Waals surface area contributed by atoms with E-state index < -0.39 is 26.4 Å². The molecule has 3 amide bonds. The van der Waals surface area contributed by atoms with E-state index in [9.17, 15) is 9.59 Å². The van der Waals surface area contributed by atoms with Gasteiger partial charge in [-0.2, -0.15) is 0 Å². The Balaban J connectivity index is 0.000000229. The van der Waals surface area contributed by atoms with Crippen LogP contribution in [0.5, 0.6) is 0 Å². The number of nitrogens with zero attached hydrogens (tertiary/aromatic N) is 1. The van der Waals surface area contributed by atoms with Crippen molar-refractivity contribution in [3.63, 3.8) is 0 Å². The summed E-state index contributed by atoms with van der Waals surface area (Å²) in [5.41, 5.74) is 0.949. The quantitative estimate of drug-likeness (QED) is 0.657. The smallest absolute Gasteiger partial charge is 0.330 e. The first-order chi connectivity index (χ1) is 11.0. The molecular weight excluding hydrogens is 311 g/mol. The van der Waals surface area contributed by atoms with Gasteiger partial charge in [-0.15, -0.1) is 0 Å². The number of aryl methyl sites for hydroxylation is 1. The van der Waals surface area contributed by atoms with Gasteiger partial charge >= 0.3 is 6.03 Å². The number of amides is 3. The van der Waals surface area contributed by atoms with Crippen LogP contribution in [0.15, 0.2) is 60.7 Å². The molecule has 3 rings (SSSR count). The number of imide groups is 1. The van der Waals surface area contributed by atoms with Crippen molar-refractivity contribution in [3.05, 3.63) is 71.8 Å². The van der Waals surface area contributed by atoms with E-state index >= 15 is 0 Å². The Labute approximate surface area is 137 Å². The van der Waals surface area contributed by atoms with Crippen LogP contribution < -0.4 is 5.32 Å². The molecule has 2 atom stereocenters. The first-order valence-corrected chi connectivity index (χ1v) is 8.02. The summed E-state index contributed by atoms with van der Waals surface area (Å²) in [4.78, 5) is 32.4. The molecule has 1 aliphatic rings. The third-order valence-electron chi connectivity index (χ3n) is 3.58. The van der Waals surface area contributed by atoms with Crippen LogP contribution in [0.2, 0.25) is 0 Å². The number of rotatable bonds is 2. The van der Waals surface area contributed by atoms with Crippen molar-refractivity contribution < 1.29 is 14.5 Å². The second-order valence-corrected chi connectivity index (χ2v) is 5.96. The molecule has 1 saturated heterocycles. The number of hydrogen-bond donors (Lipinski definition) is 2. The largest absolute Gasteiger partial charge is 0.357 e. The van der Waals surface area contributed by atoms with Gasteiger partial charge in [0.05, 0.1) is 0 Å². The van der Waals surface area contributed by atoms with Crippen molar-refractivity contribution >= 4 is 20.9 Å². The molecule has 0 aliphatic carbocycles. The van der Waals surface area contributed by atoms with Crippen molar-refractivity contribution in [2.45, 2.75) is 19.4 Å². The Hall–Kier alpha value is -2.23. The van der Waals surface area contributed by atoms with Gasteiger partial charge in [-0.1, -0.05) is 66.2 Å². The van der Waals surface area contributed by atoms with Gasteiger partial charge in [0.25, 0.3) is 5.91 Å². The summed E-state index contributed by atoms with van der Waals surface area (Å²) in [6.07, 6.45) is 0. The first-order valence-electron chi connectivity index (χ1n) is 7.12. The number of urea groups is 1. The number of benzene rings is 2. The Morgan fingerprint density at radius 2 is 1.52 bits per heavy atom. The first kappa shape index (κ1) is 17.1. The van der Waals surface area contributed by atoms with Crippen LogP contribution in [-0.2, 0) is 10.3 Å². The third-order valence-corrected chi connectivity index (χ3v) is 4.19. The van der Waals surface area contributed by atoms with Gasteiger partial charge in [0.1, 0.15) is 14.5 Å². The van der Waals surface area contributed by atoms with Crippen molar-refractivity contribution in [3.8, 4) is 0 Å². The van der Waals surface area contributed by atoms with Crippen molar-refractivity contribution in [2.75, 3.05) is 0 Å². The minimum absolute atomic E-state index is 0.426. The average Bonchev–Trinajstić information content (AvgIpc) is 2.79. The zero-order valence-corrected chi connectivity index (χ0v) is 14.0. The highest BCUT2D eigenvalue weighted by molar-refractivity contribution is 7.30. The number of carbonyl (C=O) groups is 2. The predicted molar refractivity (Wildman–Crippen MR) is 90.9 cm³/mol. The van der Waals surface area contributed by atoms with Crippen LogP contribution in [0.4, 0.5) is 4.79 Å². The van der Waals surface area contributed by atoms with E-state index in [1.54, 1.807) is 31.2 Å². The summed E-state index contributed by atoms with van der Waals surface area (Å²) in [6.45, 7) is 3.71. The summed E-state index contributed by atoms with van der Waals surface area (Å²) < 4.78 is 0.812. The molecule has 0 saturated carbocycles. The van der Waals surface area contributed by atoms with Gasteiger partial charge in [0.2, 0.25) is 0 Å². The topological polar surface area (TPSA) is 69.6 Å². The zero-order chi connectivity index (χ0) is 16.9. The standard InChI is InChI=1S/C10H11N2O3P.C7H8/c1-10(7-5-3-2-4-6-7)8(13)12(16-15)9(14)11-10;1-7-5-3-2-4-6-7/h2-6,15-16H,1H3,(H,11,14);2-6H,1H3. The molecule has 23 heavy (non-hydrogen) atoms. The molecule has 2 unspecified atom stereocenters. The average molecular weight is 330 g/mol. The van der Waals surface area contributed by atoms with Crippen molar-refractivity contribution in [1.29, 1.82) is 0 Å². The molecule has 5 nitrogen and oxygen atoms in total. The van der Waals surface area contributed by atoms with Crippen molar-refractivity contribution in [2.24, 2.45) is 0 Å². The van der Waals surface area contributed by atoms with Gasteiger partial charge < -0.3 is 10.2 Å². The van der Waals surface area contributed by atoms with Crippen LogP contribution in [-0.4, -0.2) is 21.5 Å². The summed E-state index contributed by atoms with van der Waals surface area (Å²) in [6, 6.07) is 18.7. The minimum Gasteiger partial charge on any atom is -0.357 e. The molecule has 2 aromatic rings. The Morgan fingerprint density at radius 1 is 1.00 bits per heavy atom. The van der Waals surface area contributed by atoms with Crippen LogP contribution in [0.25, 0.3) is 0 Å².